The van der Waals surface area contributed by atoms with Crippen molar-refractivity contribution in [2.24, 2.45) is 0 Å². The molecule has 1 heterocycles. The van der Waals surface area contributed by atoms with Gasteiger partial charge in [0.05, 0.1) is 10.9 Å². The van der Waals surface area contributed by atoms with E-state index in [1.54, 1.807) is 14.1 Å². The number of carbonyl (C=O) groups is 1. The van der Waals surface area contributed by atoms with E-state index in [9.17, 15) is 28.0 Å². The van der Waals surface area contributed by atoms with Crippen LogP contribution in [0.2, 0.25) is 0 Å². The minimum absolute atomic E-state index is 0.0332. The molecule has 0 aliphatic heterocycles. The van der Waals surface area contributed by atoms with E-state index in [4.69, 9.17) is 0 Å². The molecule has 0 aliphatic carbocycles. The van der Waals surface area contributed by atoms with Crippen LogP contribution in [0.3, 0.4) is 0 Å². The summed E-state index contributed by atoms with van der Waals surface area (Å²) in [6.07, 6.45) is 0. The summed E-state index contributed by atoms with van der Waals surface area (Å²) < 4.78 is 44.5. The maximum absolute atomic E-state index is 14.7. The number of halogens is 3. The highest BCUT2D eigenvalue weighted by Gasteiger charge is 2.34. The van der Waals surface area contributed by atoms with Crippen molar-refractivity contribution in [1.29, 1.82) is 0 Å². The summed E-state index contributed by atoms with van der Waals surface area (Å²) >= 11 is 0. The second-order valence-electron chi connectivity index (χ2n) is 6.54. The van der Waals surface area contributed by atoms with Crippen LogP contribution < -0.4 is 5.46 Å². The zero-order valence-electron chi connectivity index (χ0n) is 15.1. The van der Waals surface area contributed by atoms with Crippen LogP contribution >= 0.6 is 0 Å². The summed E-state index contributed by atoms with van der Waals surface area (Å²) in [4.78, 5) is 13.2. The zero-order valence-corrected chi connectivity index (χ0v) is 15.1. The quantitative estimate of drug-likeness (QED) is 0.644. The molecule has 0 aliphatic rings. The predicted octanol–water partition coefficient (Wildman–Crippen LogP) is 1.35. The topological polar surface area (TPSA) is 78.6 Å². The van der Waals surface area contributed by atoms with E-state index in [0.717, 1.165) is 12.1 Å². The van der Waals surface area contributed by atoms with Crippen LogP contribution in [0.15, 0.2) is 42.5 Å². The maximum Gasteiger partial charge on any atom is 0.489 e. The molecule has 0 unspecified atom stereocenters. The summed E-state index contributed by atoms with van der Waals surface area (Å²) in [6, 6.07) is 8.87. The molecular formula is C18H17BF3N3O3. The van der Waals surface area contributed by atoms with Gasteiger partial charge in [-0.1, -0.05) is 24.3 Å². The first kappa shape index (κ1) is 19.9. The average Bonchev–Trinajstić information content (AvgIpc) is 2.96. The van der Waals surface area contributed by atoms with Crippen molar-refractivity contribution in [3.63, 3.8) is 0 Å². The largest absolute Gasteiger partial charge is 0.489 e. The van der Waals surface area contributed by atoms with Crippen LogP contribution in [0.25, 0.3) is 10.9 Å². The number of amides is 1. The molecule has 0 fully saturated rings. The van der Waals surface area contributed by atoms with Crippen molar-refractivity contribution in [2.75, 3.05) is 14.1 Å². The molecule has 0 atom stereocenters. The van der Waals surface area contributed by atoms with Gasteiger partial charge in [0.1, 0.15) is 6.54 Å². The Morgan fingerprint density at radius 3 is 2.39 bits per heavy atom. The molecule has 10 heteroatoms. The lowest BCUT2D eigenvalue weighted by atomic mass is 9.78. The first-order valence-corrected chi connectivity index (χ1v) is 8.33. The number of carbonyl (C=O) groups excluding carboxylic acids is 1. The van der Waals surface area contributed by atoms with E-state index in [1.807, 2.05) is 0 Å². The number of aromatic nitrogens is 2. The van der Waals surface area contributed by atoms with Gasteiger partial charge in [-0.3, -0.25) is 4.79 Å². The summed E-state index contributed by atoms with van der Waals surface area (Å²) in [6.45, 7) is -1.09. The van der Waals surface area contributed by atoms with Crippen molar-refractivity contribution < 1.29 is 28.0 Å². The lowest BCUT2D eigenvalue weighted by molar-refractivity contribution is -0.0281. The Labute approximate surface area is 159 Å². The van der Waals surface area contributed by atoms with Gasteiger partial charge >= 0.3 is 7.12 Å². The second-order valence-corrected chi connectivity index (χ2v) is 6.54. The maximum atomic E-state index is 14.7. The molecule has 2 N–H and O–H groups in total. The molecule has 3 aromatic rings. The molecule has 0 saturated heterocycles. The van der Waals surface area contributed by atoms with Gasteiger partial charge in [0.25, 0.3) is 11.8 Å². The third-order valence-electron chi connectivity index (χ3n) is 4.32. The van der Waals surface area contributed by atoms with Crippen LogP contribution in [0.4, 0.5) is 13.2 Å². The normalized spacial score (nSPS) is 11.7. The van der Waals surface area contributed by atoms with Gasteiger partial charge in [0, 0.05) is 25.2 Å². The van der Waals surface area contributed by atoms with Crippen LogP contribution in [-0.2, 0) is 12.5 Å². The third-order valence-corrected chi connectivity index (χ3v) is 4.32. The van der Waals surface area contributed by atoms with Crippen molar-refractivity contribution in [3.8, 4) is 0 Å². The minimum Gasteiger partial charge on any atom is -0.423 e. The van der Waals surface area contributed by atoms with E-state index in [2.05, 4.69) is 5.10 Å². The van der Waals surface area contributed by atoms with Crippen LogP contribution in [0, 0.1) is 5.95 Å². The van der Waals surface area contributed by atoms with E-state index in [0.29, 0.717) is 4.68 Å². The van der Waals surface area contributed by atoms with Gasteiger partial charge in [-0.2, -0.15) is 18.3 Å². The number of hydrogen-bond donors (Lipinski definition) is 2. The Kier molecular flexibility index (Phi) is 5.18. The Hall–Kier alpha value is -2.85. The molecule has 3 rings (SSSR count). The van der Waals surface area contributed by atoms with Gasteiger partial charge in [-0.15, -0.1) is 0 Å². The van der Waals surface area contributed by atoms with Gasteiger partial charge in [0.2, 0.25) is 5.95 Å². The Bertz CT molecular complexity index is 1020. The third kappa shape index (κ3) is 3.60. The Morgan fingerprint density at radius 1 is 1.18 bits per heavy atom. The van der Waals surface area contributed by atoms with Gasteiger partial charge in [0.15, 0.2) is 0 Å². The highest BCUT2D eigenvalue weighted by atomic mass is 19.3. The minimum atomic E-state index is -3.47. The standard InChI is InChI=1S/C18H17BF3N3O3/c1-24(2)17(26)11-6-8-12(9-7-11)18(21,22)10-25-16(20)15-13(19(27)28)4-3-5-14(15)23-25/h3-9,27-28H,10H2,1-2H3. The van der Waals surface area contributed by atoms with Crippen molar-refractivity contribution in [2.45, 2.75) is 12.5 Å². The molecule has 1 amide bonds. The number of fused-ring (bicyclic) bond motifs is 1. The average molecular weight is 391 g/mol. The first-order chi connectivity index (χ1) is 13.1. The molecule has 0 bridgehead atoms. The van der Waals surface area contributed by atoms with Crippen LogP contribution in [0.1, 0.15) is 15.9 Å². The van der Waals surface area contributed by atoms with Crippen molar-refractivity contribution >= 4 is 29.4 Å². The van der Waals surface area contributed by atoms with Gasteiger partial charge < -0.3 is 14.9 Å². The zero-order chi connectivity index (χ0) is 20.6. The number of benzene rings is 2. The molecule has 146 valence electrons. The number of nitrogens with zero attached hydrogens (tertiary/aromatic N) is 3. The number of hydrogen-bond acceptors (Lipinski definition) is 4. The fourth-order valence-electron chi connectivity index (χ4n) is 2.88. The van der Waals surface area contributed by atoms with Crippen LogP contribution in [-0.4, -0.2) is 51.8 Å². The molecule has 6 nitrogen and oxygen atoms in total. The molecule has 2 aromatic carbocycles. The Balaban J connectivity index is 1.93. The van der Waals surface area contributed by atoms with E-state index in [-0.39, 0.29) is 27.8 Å². The lowest BCUT2D eigenvalue weighted by Gasteiger charge is -2.18. The molecule has 28 heavy (non-hydrogen) atoms. The van der Waals surface area contributed by atoms with E-state index >= 15 is 0 Å². The van der Waals surface area contributed by atoms with Gasteiger partial charge in [-0.05, 0) is 23.7 Å². The lowest BCUT2D eigenvalue weighted by Crippen LogP contribution is -2.30. The predicted molar refractivity (Wildman–Crippen MR) is 97.9 cm³/mol. The monoisotopic (exact) mass is 391 g/mol. The summed E-state index contributed by atoms with van der Waals surface area (Å²) in [7, 11) is 1.14. The number of rotatable bonds is 5. The molecule has 1 aromatic heterocycles. The first-order valence-electron chi connectivity index (χ1n) is 8.33. The van der Waals surface area contributed by atoms with Crippen LogP contribution in [0.5, 0.6) is 0 Å². The fourth-order valence-corrected chi connectivity index (χ4v) is 2.88. The summed E-state index contributed by atoms with van der Waals surface area (Å²) in [5.74, 6) is -4.88. The molecule has 0 saturated carbocycles. The summed E-state index contributed by atoms with van der Waals surface area (Å²) in [5, 5.41) is 22.3. The smallest absolute Gasteiger partial charge is 0.423 e. The molecule has 0 radical (unpaired) electrons. The molecular weight excluding hydrogens is 374 g/mol. The highest BCUT2D eigenvalue weighted by molar-refractivity contribution is 6.61. The van der Waals surface area contributed by atoms with E-state index < -0.39 is 31.1 Å². The summed E-state index contributed by atoms with van der Waals surface area (Å²) in [5.41, 5.74) is -0.270. The van der Waals surface area contributed by atoms with Crippen molar-refractivity contribution in [3.05, 3.63) is 59.5 Å². The number of alkyl halides is 2. The highest BCUT2D eigenvalue weighted by Crippen LogP contribution is 2.31. The van der Waals surface area contributed by atoms with Crippen molar-refractivity contribution in [1.82, 2.24) is 14.7 Å². The SMILES string of the molecule is CN(C)C(=O)c1ccc(C(F)(F)Cn2nc3cccc(B(O)O)c3c2F)cc1. The second kappa shape index (κ2) is 7.29. The fraction of sp³-hybridized carbons (Fsp3) is 0.222. The Morgan fingerprint density at radius 2 is 1.82 bits per heavy atom. The van der Waals surface area contributed by atoms with E-state index in [1.165, 1.54) is 35.2 Å². The van der Waals surface area contributed by atoms with Gasteiger partial charge in [-0.25, -0.2) is 4.68 Å². The molecule has 0 spiro atoms.